The molecule has 0 heterocycles. The van der Waals surface area contributed by atoms with Crippen LogP contribution in [0.25, 0.3) is 0 Å². The van der Waals surface area contributed by atoms with E-state index < -0.39 is 0 Å². The van der Waals surface area contributed by atoms with Gasteiger partial charge in [0.1, 0.15) is 5.78 Å². The molecule has 0 saturated heterocycles. The van der Waals surface area contributed by atoms with Crippen LogP contribution in [0.4, 0.5) is 0 Å². The Hall–Kier alpha value is -1.47. The van der Waals surface area contributed by atoms with Crippen molar-refractivity contribution < 1.29 is 26.1 Å². The third-order valence-electron chi connectivity index (χ3n) is 2.13. The van der Waals surface area contributed by atoms with Gasteiger partial charge in [0.15, 0.2) is 0 Å². The van der Waals surface area contributed by atoms with Gasteiger partial charge in [-0.05, 0) is 13.8 Å². The second kappa shape index (κ2) is 7.75. The molecule has 92 valence electrons. The number of ketones is 2. The molecule has 0 radical (unpaired) electrons. The summed E-state index contributed by atoms with van der Waals surface area (Å²) in [5.41, 5.74) is 1.05. The van der Waals surface area contributed by atoms with Crippen LogP contribution >= 0.6 is 0 Å². The van der Waals surface area contributed by atoms with Gasteiger partial charge in [-0.25, -0.2) is 12.1 Å². The Morgan fingerprint density at radius 2 is 1.71 bits per heavy atom. The van der Waals surface area contributed by atoms with Gasteiger partial charge in [0, 0.05) is 0 Å². The van der Waals surface area contributed by atoms with Crippen LogP contribution in [0.2, 0.25) is 0 Å². The first-order valence-electron chi connectivity index (χ1n) is 5.07. The third-order valence-corrected chi connectivity index (χ3v) is 2.13. The fraction of sp³-hybridized carbons (Fsp3) is 0.143. The third kappa shape index (κ3) is 4.92. The van der Waals surface area contributed by atoms with E-state index in [0.717, 1.165) is 0 Å². The number of carbonyl (C=O) groups excluding carboxylic acids is 2. The van der Waals surface area contributed by atoms with E-state index >= 15 is 0 Å². The molecule has 3 heteroatoms. The Kier molecular flexibility index (Phi) is 7.08. The number of Topliss-reactive ketones (excluding diaryl/α,β-unsaturated/α-hetero) is 2. The topological polar surface area (TPSA) is 34.1 Å². The summed E-state index contributed by atoms with van der Waals surface area (Å²) in [6, 6.07) is 15.0. The maximum absolute atomic E-state index is 10.9. The number of hydrogen-bond donors (Lipinski definition) is 0. The fourth-order valence-corrected chi connectivity index (χ4v) is 1.35. The van der Waals surface area contributed by atoms with E-state index in [1.807, 2.05) is 30.3 Å². The first-order valence-corrected chi connectivity index (χ1v) is 5.07. The van der Waals surface area contributed by atoms with Gasteiger partial charge in [-0.1, -0.05) is 5.56 Å². The molecule has 2 aromatic rings. The smallest absolute Gasteiger partial charge is 0.352 e. The predicted molar refractivity (Wildman–Crippen MR) is 64.1 cm³/mol. The van der Waals surface area contributed by atoms with Crippen LogP contribution in [-0.2, 0) is 16.5 Å². The molecule has 0 fully saturated rings. The molecule has 0 amide bonds. The summed E-state index contributed by atoms with van der Waals surface area (Å²) in [6.07, 6.45) is 0. The van der Waals surface area contributed by atoms with Gasteiger partial charge in [-0.2, -0.15) is 30.3 Å². The molecule has 0 unspecified atom stereocenters. The van der Waals surface area contributed by atoms with E-state index in [9.17, 15) is 9.59 Å². The van der Waals surface area contributed by atoms with Crippen molar-refractivity contribution in [1.29, 1.82) is 0 Å². The molecule has 0 aliphatic rings. The first kappa shape index (κ1) is 15.5. The second-order valence-electron chi connectivity index (χ2n) is 3.43. The summed E-state index contributed by atoms with van der Waals surface area (Å²) in [6.45, 7) is 2.92. The van der Waals surface area contributed by atoms with Crippen LogP contribution in [0.15, 0.2) is 48.5 Å². The molecule has 0 atom stereocenters. The zero-order valence-electron chi connectivity index (χ0n) is 9.75. The molecule has 0 aliphatic heterocycles. The Balaban J connectivity index is 0.000000360. The molecule has 2 aromatic carbocycles. The molecule has 0 spiro atoms. The largest absolute Gasteiger partial charge is 2.00 e. The maximum Gasteiger partial charge on any atom is 2.00 e. The van der Waals surface area contributed by atoms with E-state index in [0.29, 0.717) is 11.1 Å². The fourth-order valence-electron chi connectivity index (χ4n) is 1.35. The second-order valence-corrected chi connectivity index (χ2v) is 3.43. The van der Waals surface area contributed by atoms with Gasteiger partial charge in [0.2, 0.25) is 0 Å². The van der Waals surface area contributed by atoms with Crippen molar-refractivity contribution in [3.05, 3.63) is 59.7 Å². The minimum atomic E-state index is -0.0554. The molecular weight excluding hydrogens is 259 g/mol. The maximum atomic E-state index is 10.9. The summed E-state index contributed by atoms with van der Waals surface area (Å²) in [5, 5.41) is 0. The van der Waals surface area contributed by atoms with Crippen LogP contribution in [-0.4, -0.2) is 11.6 Å². The van der Waals surface area contributed by atoms with Gasteiger partial charge in [0.05, 0.1) is 5.78 Å². The molecule has 0 aromatic heterocycles. The van der Waals surface area contributed by atoms with Gasteiger partial charge in [-0.15, -0.1) is 11.6 Å². The molecule has 0 saturated carbocycles. The summed E-state index contributed by atoms with van der Waals surface area (Å²) >= 11 is 0. The quantitative estimate of drug-likeness (QED) is 0.478. The van der Waals surface area contributed by atoms with Crippen molar-refractivity contribution in [2.75, 3.05) is 0 Å². The standard InChI is InChI=1S/C9H9O2.C5H5.Ni/c1-6(10)8-4-3-5-9(8)7(2)11;1-2-4-5-3-1;/h3-5H,1-2H3;1-5H;/q2*-1;+2. The predicted octanol–water partition coefficient (Wildman–Crippen LogP) is 3.21. The Morgan fingerprint density at radius 1 is 1.12 bits per heavy atom. The van der Waals surface area contributed by atoms with E-state index in [-0.39, 0.29) is 28.1 Å². The average molecular weight is 273 g/mol. The molecule has 17 heavy (non-hydrogen) atoms. The van der Waals surface area contributed by atoms with Crippen molar-refractivity contribution in [2.45, 2.75) is 13.8 Å². The molecule has 0 bridgehead atoms. The van der Waals surface area contributed by atoms with Crippen LogP contribution in [0, 0.1) is 0 Å². The first-order chi connectivity index (χ1) is 7.63. The minimum absolute atomic E-state index is 0. The van der Waals surface area contributed by atoms with Crippen LogP contribution in [0.5, 0.6) is 0 Å². The summed E-state index contributed by atoms with van der Waals surface area (Å²) < 4.78 is 0. The van der Waals surface area contributed by atoms with Crippen LogP contribution in [0.1, 0.15) is 34.6 Å². The van der Waals surface area contributed by atoms with Crippen molar-refractivity contribution in [2.24, 2.45) is 0 Å². The number of rotatable bonds is 2. The number of hydrogen-bond acceptors (Lipinski definition) is 2. The Morgan fingerprint density at radius 3 is 2.00 bits per heavy atom. The van der Waals surface area contributed by atoms with Gasteiger partial charge in [-0.3, -0.25) is 0 Å². The summed E-state index contributed by atoms with van der Waals surface area (Å²) in [4.78, 5) is 21.8. The number of carbonyl (C=O) groups is 2. The van der Waals surface area contributed by atoms with Crippen molar-refractivity contribution in [1.82, 2.24) is 0 Å². The van der Waals surface area contributed by atoms with E-state index in [4.69, 9.17) is 0 Å². The van der Waals surface area contributed by atoms with Gasteiger partial charge < -0.3 is 9.59 Å². The summed E-state index contributed by atoms with van der Waals surface area (Å²) in [5.74, 6) is -0.111. The molecular formula is C14H14NiO2. The van der Waals surface area contributed by atoms with Crippen molar-refractivity contribution >= 4 is 11.6 Å². The normalized spacial score (nSPS) is 8.59. The zero-order chi connectivity index (χ0) is 12.0. The van der Waals surface area contributed by atoms with E-state index in [2.05, 4.69) is 0 Å². The Bertz CT molecular complexity index is 407. The van der Waals surface area contributed by atoms with Crippen LogP contribution in [0.3, 0.4) is 0 Å². The van der Waals surface area contributed by atoms with Crippen molar-refractivity contribution in [3.63, 3.8) is 0 Å². The van der Waals surface area contributed by atoms with Gasteiger partial charge in [0.25, 0.3) is 0 Å². The molecule has 0 N–H and O–H groups in total. The van der Waals surface area contributed by atoms with E-state index in [1.165, 1.54) is 13.8 Å². The SMILES string of the molecule is CC(=O)c1ccc[c-]1C(C)=O.[Ni+2].c1cc[cH-]c1. The zero-order valence-corrected chi connectivity index (χ0v) is 10.7. The monoisotopic (exact) mass is 272 g/mol. The summed E-state index contributed by atoms with van der Waals surface area (Å²) in [7, 11) is 0. The molecule has 2 rings (SSSR count). The van der Waals surface area contributed by atoms with Gasteiger partial charge >= 0.3 is 16.5 Å². The molecule has 0 aliphatic carbocycles. The van der Waals surface area contributed by atoms with Crippen LogP contribution < -0.4 is 0 Å². The van der Waals surface area contributed by atoms with E-state index in [1.54, 1.807) is 18.2 Å². The molecule has 2 nitrogen and oxygen atoms in total. The minimum Gasteiger partial charge on any atom is -0.352 e. The average Bonchev–Trinajstić information content (AvgIpc) is 2.92. The van der Waals surface area contributed by atoms with Crippen molar-refractivity contribution in [3.8, 4) is 0 Å². The Labute approximate surface area is 111 Å².